The second kappa shape index (κ2) is 7.89. The van der Waals surface area contributed by atoms with Crippen LogP contribution >= 0.6 is 0 Å². The van der Waals surface area contributed by atoms with Gasteiger partial charge < -0.3 is 5.32 Å². The predicted molar refractivity (Wildman–Crippen MR) is 116 cm³/mol. The summed E-state index contributed by atoms with van der Waals surface area (Å²) in [6.07, 6.45) is 3.48. The molecule has 2 aromatic heterocycles. The minimum atomic E-state index is -0.260. The Bertz CT molecular complexity index is 1190. The normalized spacial score (nSPS) is 13.2. The summed E-state index contributed by atoms with van der Waals surface area (Å²) in [4.78, 5) is 31.0. The van der Waals surface area contributed by atoms with Crippen LogP contribution in [0.2, 0.25) is 0 Å². The molecular formula is C23H27N5O2. The van der Waals surface area contributed by atoms with Crippen molar-refractivity contribution in [2.24, 2.45) is 0 Å². The predicted octanol–water partition coefficient (Wildman–Crippen LogP) is 3.18. The first-order chi connectivity index (χ1) is 14.3. The quantitative estimate of drug-likeness (QED) is 0.723. The van der Waals surface area contributed by atoms with E-state index in [4.69, 9.17) is 4.98 Å². The number of rotatable bonds is 4. The second-order valence-electron chi connectivity index (χ2n) is 8.14. The molecule has 156 valence electrons. The van der Waals surface area contributed by atoms with Crippen molar-refractivity contribution in [2.45, 2.75) is 59.9 Å². The van der Waals surface area contributed by atoms with Crippen LogP contribution in [0, 0.1) is 27.7 Å². The summed E-state index contributed by atoms with van der Waals surface area (Å²) in [7, 11) is 0. The van der Waals surface area contributed by atoms with E-state index in [-0.39, 0.29) is 18.0 Å². The number of carbonyl (C=O) groups excluding carboxylic acids is 1. The Balaban J connectivity index is 1.75. The number of hydrogen-bond acceptors (Lipinski definition) is 4. The van der Waals surface area contributed by atoms with Crippen molar-refractivity contribution in [3.63, 3.8) is 0 Å². The summed E-state index contributed by atoms with van der Waals surface area (Å²) in [5, 5.41) is 7.44. The van der Waals surface area contributed by atoms with Crippen LogP contribution in [0.4, 0.5) is 5.69 Å². The number of hydrogen-bond donors (Lipinski definition) is 1. The zero-order valence-electron chi connectivity index (χ0n) is 18.0. The van der Waals surface area contributed by atoms with Crippen LogP contribution in [0.5, 0.6) is 0 Å². The molecule has 0 aliphatic heterocycles. The van der Waals surface area contributed by atoms with Gasteiger partial charge in [-0.05, 0) is 71.1 Å². The Morgan fingerprint density at radius 3 is 2.57 bits per heavy atom. The van der Waals surface area contributed by atoms with Gasteiger partial charge >= 0.3 is 0 Å². The van der Waals surface area contributed by atoms with Crippen LogP contribution in [0.1, 0.15) is 46.6 Å². The van der Waals surface area contributed by atoms with Crippen molar-refractivity contribution in [3.8, 4) is 5.95 Å². The maximum absolute atomic E-state index is 13.3. The fourth-order valence-corrected chi connectivity index (χ4v) is 4.10. The van der Waals surface area contributed by atoms with Crippen molar-refractivity contribution in [1.82, 2.24) is 19.3 Å². The molecule has 0 unspecified atom stereocenters. The average Bonchev–Trinajstić information content (AvgIpc) is 3.04. The first-order valence-corrected chi connectivity index (χ1v) is 10.4. The molecule has 0 saturated heterocycles. The largest absolute Gasteiger partial charge is 0.324 e. The van der Waals surface area contributed by atoms with E-state index in [1.807, 2.05) is 52.0 Å². The molecule has 7 nitrogen and oxygen atoms in total. The lowest BCUT2D eigenvalue weighted by Crippen LogP contribution is -2.36. The van der Waals surface area contributed by atoms with Crippen molar-refractivity contribution in [1.29, 1.82) is 0 Å². The number of nitrogens with one attached hydrogen (secondary N) is 1. The van der Waals surface area contributed by atoms with Gasteiger partial charge in [-0.1, -0.05) is 17.7 Å². The third kappa shape index (κ3) is 3.79. The van der Waals surface area contributed by atoms with Gasteiger partial charge in [0.2, 0.25) is 11.9 Å². The zero-order chi connectivity index (χ0) is 21.4. The fourth-order valence-electron chi connectivity index (χ4n) is 4.10. The van der Waals surface area contributed by atoms with Crippen molar-refractivity contribution in [2.75, 3.05) is 5.32 Å². The van der Waals surface area contributed by atoms with Gasteiger partial charge in [-0.15, -0.1) is 0 Å². The van der Waals surface area contributed by atoms with Crippen LogP contribution < -0.4 is 10.9 Å². The van der Waals surface area contributed by atoms with Crippen LogP contribution in [-0.2, 0) is 24.2 Å². The van der Waals surface area contributed by atoms with Gasteiger partial charge in [0, 0.05) is 16.9 Å². The van der Waals surface area contributed by atoms with Gasteiger partial charge in [0.1, 0.15) is 6.54 Å². The first-order valence-electron chi connectivity index (χ1n) is 10.4. The van der Waals surface area contributed by atoms with Crippen molar-refractivity contribution >= 4 is 11.6 Å². The second-order valence-corrected chi connectivity index (χ2v) is 8.14. The van der Waals surface area contributed by atoms with E-state index in [0.717, 1.165) is 58.7 Å². The molecule has 1 amide bonds. The van der Waals surface area contributed by atoms with Crippen LogP contribution in [0.15, 0.2) is 29.1 Å². The number of nitrogens with zero attached hydrogens (tertiary/aromatic N) is 4. The molecule has 4 rings (SSSR count). The highest BCUT2D eigenvalue weighted by atomic mass is 16.2. The fraction of sp³-hybridized carbons (Fsp3) is 0.391. The third-order valence-corrected chi connectivity index (χ3v) is 5.58. The first kappa shape index (κ1) is 20.1. The smallest absolute Gasteiger partial charge is 0.258 e. The minimum Gasteiger partial charge on any atom is -0.324 e. The average molecular weight is 406 g/mol. The molecule has 30 heavy (non-hydrogen) atoms. The van der Waals surface area contributed by atoms with Crippen molar-refractivity contribution < 1.29 is 4.79 Å². The summed E-state index contributed by atoms with van der Waals surface area (Å²) in [5.41, 5.74) is 6.00. The lowest BCUT2D eigenvalue weighted by Gasteiger charge is -2.20. The molecular weight excluding hydrogens is 378 g/mol. The summed E-state index contributed by atoms with van der Waals surface area (Å²) >= 11 is 0. The number of benzene rings is 1. The molecule has 3 aromatic rings. The molecule has 7 heteroatoms. The Labute approximate surface area is 175 Å². The Hall–Kier alpha value is -3.22. The molecule has 1 aliphatic rings. The van der Waals surface area contributed by atoms with Crippen LogP contribution in [0.3, 0.4) is 0 Å². The van der Waals surface area contributed by atoms with E-state index in [1.165, 1.54) is 4.57 Å². The third-order valence-electron chi connectivity index (χ3n) is 5.58. The molecule has 0 saturated carbocycles. The van der Waals surface area contributed by atoms with E-state index in [9.17, 15) is 9.59 Å². The highest BCUT2D eigenvalue weighted by Gasteiger charge is 2.23. The van der Waals surface area contributed by atoms with Gasteiger partial charge in [0.15, 0.2) is 0 Å². The summed E-state index contributed by atoms with van der Waals surface area (Å²) < 4.78 is 3.12. The molecule has 0 atom stereocenters. The lowest BCUT2D eigenvalue weighted by molar-refractivity contribution is -0.116. The van der Waals surface area contributed by atoms with Crippen molar-refractivity contribution in [3.05, 3.63) is 68.4 Å². The standard InChI is InChI=1S/C23H27N5O2/c1-14-9-10-19(15(2)11-14)24-21(29)13-27-22(30)18-7-5-6-8-20(18)25-23(27)28-17(4)12-16(3)26-28/h9-12H,5-8,13H2,1-4H3,(H,24,29). The van der Waals surface area contributed by atoms with Crippen LogP contribution in [0.25, 0.3) is 5.95 Å². The lowest BCUT2D eigenvalue weighted by atomic mass is 9.97. The Morgan fingerprint density at radius 1 is 1.10 bits per heavy atom. The SMILES string of the molecule is Cc1ccc(NC(=O)Cn2c(-n3nc(C)cc3C)nc3c(c2=O)CCCC3)c(C)c1. The zero-order valence-corrected chi connectivity index (χ0v) is 18.0. The number of carbonyl (C=O) groups is 1. The molecule has 0 fully saturated rings. The maximum Gasteiger partial charge on any atom is 0.258 e. The molecule has 2 heterocycles. The molecule has 1 aliphatic carbocycles. The van der Waals surface area contributed by atoms with Gasteiger partial charge in [-0.3, -0.25) is 14.2 Å². The number of aryl methyl sites for hydroxylation is 5. The Kier molecular flexibility index (Phi) is 5.28. The summed E-state index contributed by atoms with van der Waals surface area (Å²) in [6.45, 7) is 7.68. The van der Waals surface area contributed by atoms with E-state index in [1.54, 1.807) is 4.68 Å². The van der Waals surface area contributed by atoms with E-state index >= 15 is 0 Å². The monoisotopic (exact) mass is 405 g/mol. The number of anilines is 1. The van der Waals surface area contributed by atoms with Gasteiger partial charge in [-0.2, -0.15) is 5.10 Å². The minimum absolute atomic E-state index is 0.111. The van der Waals surface area contributed by atoms with Gasteiger partial charge in [0.25, 0.3) is 5.56 Å². The highest BCUT2D eigenvalue weighted by molar-refractivity contribution is 5.91. The molecule has 0 bridgehead atoms. The molecule has 1 aromatic carbocycles. The van der Waals surface area contributed by atoms with E-state index in [2.05, 4.69) is 10.4 Å². The summed E-state index contributed by atoms with van der Waals surface area (Å²) in [6, 6.07) is 7.80. The maximum atomic E-state index is 13.3. The number of aromatic nitrogens is 4. The van der Waals surface area contributed by atoms with Gasteiger partial charge in [0.05, 0.1) is 11.4 Å². The van der Waals surface area contributed by atoms with Gasteiger partial charge in [-0.25, -0.2) is 9.67 Å². The molecule has 0 spiro atoms. The Morgan fingerprint density at radius 2 is 1.87 bits per heavy atom. The number of amides is 1. The van der Waals surface area contributed by atoms with Crippen LogP contribution in [-0.4, -0.2) is 25.2 Å². The molecule has 0 radical (unpaired) electrons. The molecule has 1 N–H and O–H groups in total. The highest BCUT2D eigenvalue weighted by Crippen LogP contribution is 2.20. The topological polar surface area (TPSA) is 81.8 Å². The summed E-state index contributed by atoms with van der Waals surface area (Å²) in [5.74, 6) is 0.145. The van der Waals surface area contributed by atoms with E-state index in [0.29, 0.717) is 12.4 Å². The number of fused-ring (bicyclic) bond motifs is 1. The van der Waals surface area contributed by atoms with E-state index < -0.39 is 0 Å².